The summed E-state index contributed by atoms with van der Waals surface area (Å²) in [5, 5.41) is 11.1. The van der Waals surface area contributed by atoms with Crippen molar-refractivity contribution in [3.8, 4) is 5.75 Å². The van der Waals surface area contributed by atoms with Gasteiger partial charge in [-0.3, -0.25) is 4.90 Å². The lowest BCUT2D eigenvalue weighted by molar-refractivity contribution is 0.0825. The summed E-state index contributed by atoms with van der Waals surface area (Å²) in [4.78, 5) is 12.6. The Labute approximate surface area is 261 Å². The van der Waals surface area contributed by atoms with E-state index in [1.807, 2.05) is 24.3 Å². The van der Waals surface area contributed by atoms with E-state index in [-0.39, 0.29) is 0 Å². The number of anilines is 3. The van der Waals surface area contributed by atoms with Gasteiger partial charge in [0.1, 0.15) is 18.7 Å². The van der Waals surface area contributed by atoms with Crippen LogP contribution in [0.4, 0.5) is 17.1 Å². The molecular weight excluding hydrogens is 581 g/mol. The lowest BCUT2D eigenvalue weighted by Gasteiger charge is -2.43. The molecule has 0 aromatic heterocycles. The zero-order valence-corrected chi connectivity index (χ0v) is 27.2. The fourth-order valence-electron chi connectivity index (χ4n) is 6.40. The first-order chi connectivity index (χ1) is 20.8. The van der Waals surface area contributed by atoms with Crippen LogP contribution < -0.4 is 30.9 Å². The molecule has 2 aromatic rings. The van der Waals surface area contributed by atoms with Crippen LogP contribution >= 0.6 is 18.7 Å². The van der Waals surface area contributed by atoms with Gasteiger partial charge in [-0.05, 0) is 69.2 Å². The standard InChI is InChI=1S/C32H45ClN7O2P/c1-42-29-20-25(39-14-12-24(13-15-39)40-18-16-38(17-19-40)22-23-8-9-23)10-11-27(29)36-32-34-21-26(33)31(37-32)35-28-6-4-5-7-30(28)43(2,3)41/h4-7,10-11,20-21,23-24,32,34,36H,8-9,12-19,22H2,1-3H3,(H,35,37). The van der Waals surface area contributed by atoms with Crippen molar-refractivity contribution < 1.29 is 9.30 Å². The lowest BCUT2D eigenvalue weighted by Crippen LogP contribution is -2.53. The maximum absolute atomic E-state index is 12.8. The third-order valence-electron chi connectivity index (χ3n) is 9.03. The van der Waals surface area contributed by atoms with Crippen molar-refractivity contribution in [2.45, 2.75) is 38.0 Å². The van der Waals surface area contributed by atoms with Crippen LogP contribution in [0.3, 0.4) is 0 Å². The molecule has 0 spiro atoms. The Hall–Kier alpha value is -2.71. The average molecular weight is 626 g/mol. The van der Waals surface area contributed by atoms with Crippen molar-refractivity contribution in [3.05, 3.63) is 53.7 Å². The minimum atomic E-state index is -2.49. The number of hydrogen-bond acceptors (Lipinski definition) is 9. The highest BCUT2D eigenvalue weighted by Gasteiger charge is 2.30. The first-order valence-corrected chi connectivity index (χ1v) is 18.5. The number of aliphatic imine (C=N–C) groups is 1. The van der Waals surface area contributed by atoms with Gasteiger partial charge in [0, 0.05) is 75.1 Å². The number of nitrogens with zero attached hydrogens (tertiary/aromatic N) is 4. The molecule has 4 aliphatic rings. The van der Waals surface area contributed by atoms with E-state index in [9.17, 15) is 4.57 Å². The van der Waals surface area contributed by atoms with Crippen LogP contribution in [0.1, 0.15) is 25.7 Å². The summed E-state index contributed by atoms with van der Waals surface area (Å²) in [6.07, 6.45) is 6.53. The van der Waals surface area contributed by atoms with Crippen LogP contribution in [0.2, 0.25) is 0 Å². The van der Waals surface area contributed by atoms with Crippen molar-refractivity contribution >= 4 is 46.9 Å². The van der Waals surface area contributed by atoms with Gasteiger partial charge in [-0.25, -0.2) is 4.99 Å². The molecule has 1 unspecified atom stereocenters. The highest BCUT2D eigenvalue weighted by molar-refractivity contribution is 7.70. The van der Waals surface area contributed by atoms with Gasteiger partial charge in [-0.15, -0.1) is 0 Å². The van der Waals surface area contributed by atoms with Crippen LogP contribution in [-0.4, -0.2) is 94.2 Å². The Morgan fingerprint density at radius 2 is 1.74 bits per heavy atom. The zero-order chi connectivity index (χ0) is 30.0. The Morgan fingerprint density at radius 1 is 1.00 bits per heavy atom. The molecule has 3 heterocycles. The molecule has 3 aliphatic heterocycles. The molecule has 6 rings (SSSR count). The van der Waals surface area contributed by atoms with Gasteiger partial charge in [0.25, 0.3) is 0 Å². The molecule has 232 valence electrons. The fourth-order valence-corrected chi connectivity index (χ4v) is 7.71. The quantitative estimate of drug-likeness (QED) is 0.342. The van der Waals surface area contributed by atoms with Crippen molar-refractivity contribution in [1.29, 1.82) is 0 Å². The minimum Gasteiger partial charge on any atom is -0.495 e. The number of benzene rings is 2. The maximum Gasteiger partial charge on any atom is 0.196 e. The van der Waals surface area contributed by atoms with E-state index in [2.05, 4.69) is 48.8 Å². The number of methoxy groups -OCH3 is 1. The van der Waals surface area contributed by atoms with Gasteiger partial charge in [0.05, 0.1) is 23.5 Å². The number of amidine groups is 1. The van der Waals surface area contributed by atoms with E-state index in [4.69, 9.17) is 21.3 Å². The summed E-state index contributed by atoms with van der Waals surface area (Å²) < 4.78 is 18.6. The molecular formula is C32H45ClN7O2P. The van der Waals surface area contributed by atoms with Crippen LogP contribution in [-0.2, 0) is 4.57 Å². The summed E-state index contributed by atoms with van der Waals surface area (Å²) in [5.41, 5.74) is 2.76. The highest BCUT2D eigenvalue weighted by atomic mass is 35.5. The number of piperidine rings is 1. The van der Waals surface area contributed by atoms with Crippen molar-refractivity contribution in [1.82, 2.24) is 15.1 Å². The Balaban J connectivity index is 1.06. The highest BCUT2D eigenvalue weighted by Crippen LogP contribution is 2.38. The third-order valence-corrected chi connectivity index (χ3v) is 10.9. The predicted molar refractivity (Wildman–Crippen MR) is 180 cm³/mol. The number of ether oxygens (including phenoxy) is 1. The third kappa shape index (κ3) is 7.51. The fraction of sp³-hybridized carbons (Fsp3) is 0.531. The monoisotopic (exact) mass is 625 g/mol. The number of rotatable bonds is 9. The van der Waals surface area contributed by atoms with Crippen LogP contribution in [0, 0.1) is 5.92 Å². The molecule has 0 bridgehead atoms. The molecule has 43 heavy (non-hydrogen) atoms. The lowest BCUT2D eigenvalue weighted by atomic mass is 10.0. The smallest absolute Gasteiger partial charge is 0.196 e. The second kappa shape index (κ2) is 13.1. The van der Waals surface area contributed by atoms with Crippen molar-refractivity contribution in [2.24, 2.45) is 10.9 Å². The molecule has 11 heteroatoms. The first-order valence-electron chi connectivity index (χ1n) is 15.5. The number of halogens is 1. The normalized spacial score (nSPS) is 22.4. The van der Waals surface area contributed by atoms with E-state index < -0.39 is 13.4 Å². The van der Waals surface area contributed by atoms with E-state index in [1.165, 1.54) is 64.1 Å². The van der Waals surface area contributed by atoms with Gasteiger partial charge in [0.15, 0.2) is 6.29 Å². The predicted octanol–water partition coefficient (Wildman–Crippen LogP) is 4.83. The molecule has 1 atom stereocenters. The van der Waals surface area contributed by atoms with Crippen molar-refractivity contribution in [2.75, 3.05) is 81.8 Å². The second-order valence-corrected chi connectivity index (χ2v) is 16.2. The van der Waals surface area contributed by atoms with Gasteiger partial charge in [-0.1, -0.05) is 23.7 Å². The van der Waals surface area contributed by atoms with Gasteiger partial charge < -0.3 is 35.1 Å². The molecule has 0 amide bonds. The van der Waals surface area contributed by atoms with E-state index in [0.717, 1.165) is 41.4 Å². The molecule has 2 aromatic carbocycles. The average Bonchev–Trinajstić information content (AvgIpc) is 3.83. The molecule has 2 saturated heterocycles. The molecule has 9 nitrogen and oxygen atoms in total. The second-order valence-electron chi connectivity index (χ2n) is 12.6. The topological polar surface area (TPSA) is 84.5 Å². The molecule has 1 saturated carbocycles. The van der Waals surface area contributed by atoms with E-state index >= 15 is 0 Å². The summed E-state index contributed by atoms with van der Waals surface area (Å²) >= 11 is 6.49. The zero-order valence-electron chi connectivity index (χ0n) is 25.6. The summed E-state index contributed by atoms with van der Waals surface area (Å²) in [6, 6.07) is 14.6. The van der Waals surface area contributed by atoms with Crippen molar-refractivity contribution in [3.63, 3.8) is 0 Å². The van der Waals surface area contributed by atoms with Gasteiger partial charge >= 0.3 is 0 Å². The van der Waals surface area contributed by atoms with Crippen LogP contribution in [0.5, 0.6) is 5.75 Å². The number of hydrogen-bond donors (Lipinski definition) is 3. The van der Waals surface area contributed by atoms with Crippen LogP contribution in [0.15, 0.2) is 58.7 Å². The van der Waals surface area contributed by atoms with Crippen LogP contribution in [0.25, 0.3) is 0 Å². The largest absolute Gasteiger partial charge is 0.495 e. The summed E-state index contributed by atoms with van der Waals surface area (Å²) in [5.74, 6) is 2.25. The first kappa shape index (κ1) is 30.3. The molecule has 1 aliphatic carbocycles. The minimum absolute atomic E-state index is 0.445. The van der Waals surface area contributed by atoms with Gasteiger partial charge in [0.2, 0.25) is 0 Å². The van der Waals surface area contributed by atoms with E-state index in [1.54, 1.807) is 26.6 Å². The number of piperazine rings is 1. The summed E-state index contributed by atoms with van der Waals surface area (Å²) in [7, 11) is -0.792. The molecule has 0 radical (unpaired) electrons. The maximum atomic E-state index is 12.8. The number of para-hydroxylation sites is 1. The summed E-state index contributed by atoms with van der Waals surface area (Å²) in [6.45, 7) is 11.8. The number of nitrogens with one attached hydrogen (secondary N) is 3. The molecule has 3 N–H and O–H groups in total. The Kier molecular flexibility index (Phi) is 9.24. The van der Waals surface area contributed by atoms with Gasteiger partial charge in [-0.2, -0.15) is 0 Å². The Bertz CT molecular complexity index is 1390. The molecule has 3 fully saturated rings. The van der Waals surface area contributed by atoms with E-state index in [0.29, 0.717) is 16.9 Å². The Morgan fingerprint density at radius 3 is 2.44 bits per heavy atom. The SMILES string of the molecule is COc1cc(N2CCC(N3CCN(CC4CC4)CC3)CC2)ccc1NC1N=C(Nc2ccccc2P(C)(C)=O)C(Cl)=CN1.